The molecule has 0 amide bonds. The largest absolute Gasteiger partial charge is 0.481 e. The minimum absolute atomic E-state index is 0.573. The molecule has 3 unspecified atom stereocenters. The zero-order valence-corrected chi connectivity index (χ0v) is 11.7. The standard InChI is InChI=1S/C14H27NO2/c1-5-14(3,13(16)17)10-15(4)12-8-6-7-11(2)9-12/h11-12H,5-10H2,1-4H3,(H,16,17). The van der Waals surface area contributed by atoms with Crippen LogP contribution in [0.3, 0.4) is 0 Å². The minimum Gasteiger partial charge on any atom is -0.481 e. The van der Waals surface area contributed by atoms with Gasteiger partial charge in [-0.1, -0.05) is 26.7 Å². The first kappa shape index (κ1) is 14.5. The van der Waals surface area contributed by atoms with E-state index in [-0.39, 0.29) is 0 Å². The van der Waals surface area contributed by atoms with Crippen LogP contribution in [0.4, 0.5) is 0 Å². The predicted molar refractivity (Wildman–Crippen MR) is 70.1 cm³/mol. The van der Waals surface area contributed by atoms with Crippen LogP contribution in [-0.4, -0.2) is 35.6 Å². The molecule has 17 heavy (non-hydrogen) atoms. The van der Waals surface area contributed by atoms with Crippen molar-refractivity contribution in [1.29, 1.82) is 0 Å². The summed E-state index contributed by atoms with van der Waals surface area (Å²) < 4.78 is 0. The molecule has 0 aromatic carbocycles. The van der Waals surface area contributed by atoms with Crippen molar-refractivity contribution in [1.82, 2.24) is 4.90 Å². The summed E-state index contributed by atoms with van der Waals surface area (Å²) >= 11 is 0. The van der Waals surface area contributed by atoms with Crippen LogP contribution in [0.5, 0.6) is 0 Å². The molecule has 3 heteroatoms. The second-order valence-electron chi connectivity index (χ2n) is 6.06. The lowest BCUT2D eigenvalue weighted by molar-refractivity contribution is -0.149. The Hall–Kier alpha value is -0.570. The average Bonchev–Trinajstić information content (AvgIpc) is 2.28. The fourth-order valence-corrected chi connectivity index (χ4v) is 2.81. The topological polar surface area (TPSA) is 40.5 Å². The molecule has 0 aliphatic heterocycles. The van der Waals surface area contributed by atoms with Crippen molar-refractivity contribution in [2.45, 2.75) is 58.9 Å². The van der Waals surface area contributed by atoms with Gasteiger partial charge in [-0.3, -0.25) is 4.79 Å². The molecule has 0 radical (unpaired) electrons. The van der Waals surface area contributed by atoms with E-state index in [1.54, 1.807) is 0 Å². The van der Waals surface area contributed by atoms with Crippen LogP contribution in [0, 0.1) is 11.3 Å². The minimum atomic E-state index is -0.671. The van der Waals surface area contributed by atoms with Gasteiger partial charge in [0, 0.05) is 12.6 Å². The zero-order chi connectivity index (χ0) is 13.1. The quantitative estimate of drug-likeness (QED) is 0.804. The first-order chi connectivity index (χ1) is 7.89. The molecule has 0 aromatic rings. The summed E-state index contributed by atoms with van der Waals surface area (Å²) in [6.45, 7) is 6.79. The number of hydrogen-bond acceptors (Lipinski definition) is 2. The molecule has 3 atom stereocenters. The molecule has 0 spiro atoms. The third kappa shape index (κ3) is 3.70. The highest BCUT2D eigenvalue weighted by Gasteiger charge is 2.34. The van der Waals surface area contributed by atoms with Crippen LogP contribution in [0.2, 0.25) is 0 Å². The Morgan fingerprint density at radius 3 is 2.59 bits per heavy atom. The lowest BCUT2D eigenvalue weighted by Crippen LogP contribution is -2.45. The fraction of sp³-hybridized carbons (Fsp3) is 0.929. The van der Waals surface area contributed by atoms with E-state index in [9.17, 15) is 9.90 Å². The van der Waals surface area contributed by atoms with Crippen molar-refractivity contribution in [3.05, 3.63) is 0 Å². The summed E-state index contributed by atoms with van der Waals surface area (Å²) in [4.78, 5) is 13.6. The van der Waals surface area contributed by atoms with E-state index in [0.717, 1.165) is 5.92 Å². The molecule has 1 N–H and O–H groups in total. The van der Waals surface area contributed by atoms with Gasteiger partial charge in [-0.05, 0) is 39.2 Å². The van der Waals surface area contributed by atoms with Gasteiger partial charge in [0.25, 0.3) is 0 Å². The Morgan fingerprint density at radius 2 is 2.12 bits per heavy atom. The molecule has 3 nitrogen and oxygen atoms in total. The Balaban J connectivity index is 2.58. The summed E-state index contributed by atoms with van der Waals surface area (Å²) in [5, 5.41) is 9.31. The Kier molecular flexibility index (Phi) is 4.99. The summed E-state index contributed by atoms with van der Waals surface area (Å²) in [6, 6.07) is 0.573. The van der Waals surface area contributed by atoms with Gasteiger partial charge in [-0.15, -0.1) is 0 Å². The second-order valence-corrected chi connectivity index (χ2v) is 6.06. The number of carboxylic acids is 1. The van der Waals surface area contributed by atoms with Crippen molar-refractivity contribution < 1.29 is 9.90 Å². The molecule has 1 aliphatic rings. The molecule has 1 rings (SSSR count). The van der Waals surface area contributed by atoms with Crippen molar-refractivity contribution in [3.8, 4) is 0 Å². The molecule has 0 aromatic heterocycles. The Bertz CT molecular complexity index is 267. The molecular weight excluding hydrogens is 214 g/mol. The molecule has 1 fully saturated rings. The van der Waals surface area contributed by atoms with Crippen molar-refractivity contribution in [3.63, 3.8) is 0 Å². The van der Waals surface area contributed by atoms with E-state index < -0.39 is 11.4 Å². The second kappa shape index (κ2) is 5.85. The highest BCUT2D eigenvalue weighted by molar-refractivity contribution is 5.74. The SMILES string of the molecule is CCC(C)(CN(C)C1CCCC(C)C1)C(=O)O. The number of rotatable bonds is 5. The summed E-state index contributed by atoms with van der Waals surface area (Å²) in [6.07, 6.45) is 5.74. The van der Waals surface area contributed by atoms with Crippen LogP contribution in [0.1, 0.15) is 52.9 Å². The maximum atomic E-state index is 11.3. The van der Waals surface area contributed by atoms with Gasteiger partial charge in [0.2, 0.25) is 0 Å². The number of carboxylic acid groups (broad SMARTS) is 1. The van der Waals surface area contributed by atoms with Crippen LogP contribution < -0.4 is 0 Å². The van der Waals surface area contributed by atoms with Crippen LogP contribution in [0.25, 0.3) is 0 Å². The first-order valence-electron chi connectivity index (χ1n) is 6.82. The molecule has 1 saturated carbocycles. The molecule has 100 valence electrons. The Morgan fingerprint density at radius 1 is 1.47 bits per heavy atom. The van der Waals surface area contributed by atoms with Gasteiger partial charge >= 0.3 is 5.97 Å². The molecule has 0 heterocycles. The van der Waals surface area contributed by atoms with E-state index in [4.69, 9.17) is 0 Å². The van der Waals surface area contributed by atoms with Crippen molar-refractivity contribution in [2.75, 3.05) is 13.6 Å². The van der Waals surface area contributed by atoms with Gasteiger partial charge in [0.15, 0.2) is 0 Å². The summed E-state index contributed by atoms with van der Waals surface area (Å²) in [7, 11) is 2.08. The number of carbonyl (C=O) groups is 1. The van der Waals surface area contributed by atoms with E-state index in [2.05, 4.69) is 18.9 Å². The van der Waals surface area contributed by atoms with Gasteiger partial charge < -0.3 is 10.0 Å². The monoisotopic (exact) mass is 241 g/mol. The molecule has 0 saturated heterocycles. The zero-order valence-electron chi connectivity index (χ0n) is 11.7. The molecule has 0 bridgehead atoms. The smallest absolute Gasteiger partial charge is 0.310 e. The number of aliphatic carboxylic acids is 1. The predicted octanol–water partition coefficient (Wildman–Crippen LogP) is 3.00. The van der Waals surface area contributed by atoms with E-state index in [1.807, 2.05) is 13.8 Å². The summed E-state index contributed by atoms with van der Waals surface area (Å²) in [5.74, 6) is 0.115. The van der Waals surface area contributed by atoms with E-state index in [1.165, 1.54) is 25.7 Å². The third-order valence-corrected chi connectivity index (χ3v) is 4.43. The van der Waals surface area contributed by atoms with E-state index in [0.29, 0.717) is 19.0 Å². The summed E-state index contributed by atoms with van der Waals surface area (Å²) in [5.41, 5.74) is -0.602. The highest BCUT2D eigenvalue weighted by atomic mass is 16.4. The number of nitrogens with zero attached hydrogens (tertiary/aromatic N) is 1. The number of hydrogen-bond donors (Lipinski definition) is 1. The third-order valence-electron chi connectivity index (χ3n) is 4.43. The van der Waals surface area contributed by atoms with Crippen LogP contribution in [0.15, 0.2) is 0 Å². The van der Waals surface area contributed by atoms with Gasteiger partial charge in [0.05, 0.1) is 5.41 Å². The molecule has 1 aliphatic carbocycles. The lowest BCUT2D eigenvalue weighted by atomic mass is 9.83. The molecular formula is C14H27NO2. The van der Waals surface area contributed by atoms with Crippen LogP contribution in [-0.2, 0) is 4.79 Å². The van der Waals surface area contributed by atoms with Gasteiger partial charge in [-0.25, -0.2) is 0 Å². The Labute approximate surface area is 105 Å². The maximum absolute atomic E-state index is 11.3. The van der Waals surface area contributed by atoms with E-state index >= 15 is 0 Å². The van der Waals surface area contributed by atoms with Gasteiger partial charge in [0.1, 0.15) is 0 Å². The normalized spacial score (nSPS) is 29.0. The highest BCUT2D eigenvalue weighted by Crippen LogP contribution is 2.30. The maximum Gasteiger partial charge on any atom is 0.310 e. The first-order valence-corrected chi connectivity index (χ1v) is 6.82. The van der Waals surface area contributed by atoms with Crippen molar-refractivity contribution >= 4 is 5.97 Å². The lowest BCUT2D eigenvalue weighted by Gasteiger charge is -2.38. The van der Waals surface area contributed by atoms with Crippen molar-refractivity contribution in [2.24, 2.45) is 11.3 Å². The average molecular weight is 241 g/mol. The van der Waals surface area contributed by atoms with Crippen LogP contribution >= 0.6 is 0 Å². The van der Waals surface area contributed by atoms with Gasteiger partial charge in [-0.2, -0.15) is 0 Å². The fourth-order valence-electron chi connectivity index (χ4n) is 2.81.